The molecule has 6 heteroatoms. The molecule has 27 heavy (non-hydrogen) atoms. The van der Waals surface area contributed by atoms with E-state index < -0.39 is 0 Å². The van der Waals surface area contributed by atoms with Gasteiger partial charge in [-0.1, -0.05) is 29.8 Å². The number of hydrogen-bond acceptors (Lipinski definition) is 4. The maximum atomic E-state index is 13.2. The number of carbonyl (C=O) groups is 1. The van der Waals surface area contributed by atoms with E-state index in [9.17, 15) is 4.79 Å². The standard InChI is InChI=1S/C21H24N4O2/c1-14(2)25-20-18(13-22-25)17(21(26)24-8-10-27-11-9-24)12-19(23-20)16-6-4-15(3)5-7-16/h4-7,12-14H,8-11H2,1-3H3. The van der Waals surface area contributed by atoms with Gasteiger partial charge in [-0.3, -0.25) is 4.79 Å². The second kappa shape index (κ2) is 7.12. The predicted molar refractivity (Wildman–Crippen MR) is 105 cm³/mol. The maximum absolute atomic E-state index is 13.2. The van der Waals surface area contributed by atoms with Crippen LogP contribution in [0, 0.1) is 6.92 Å². The largest absolute Gasteiger partial charge is 0.378 e. The summed E-state index contributed by atoms with van der Waals surface area (Å²) in [7, 11) is 0. The molecule has 0 bridgehead atoms. The Morgan fingerprint density at radius 2 is 1.85 bits per heavy atom. The third-order valence-corrected chi connectivity index (χ3v) is 4.93. The van der Waals surface area contributed by atoms with Gasteiger partial charge in [0, 0.05) is 24.7 Å². The quantitative estimate of drug-likeness (QED) is 0.714. The van der Waals surface area contributed by atoms with Crippen LogP contribution in [0.4, 0.5) is 0 Å². The maximum Gasteiger partial charge on any atom is 0.254 e. The van der Waals surface area contributed by atoms with Crippen molar-refractivity contribution in [3.05, 3.63) is 47.7 Å². The fraction of sp³-hybridized carbons (Fsp3) is 0.381. The van der Waals surface area contributed by atoms with Gasteiger partial charge in [0.2, 0.25) is 0 Å². The summed E-state index contributed by atoms with van der Waals surface area (Å²) < 4.78 is 7.27. The normalized spacial score (nSPS) is 14.9. The Balaban J connectivity index is 1.88. The number of ether oxygens (including phenoxy) is 1. The first-order chi connectivity index (χ1) is 13.0. The first-order valence-electron chi connectivity index (χ1n) is 9.37. The number of benzene rings is 1. The van der Waals surface area contributed by atoms with E-state index >= 15 is 0 Å². The van der Waals surface area contributed by atoms with Crippen LogP contribution in [0.3, 0.4) is 0 Å². The van der Waals surface area contributed by atoms with Gasteiger partial charge in [-0.25, -0.2) is 9.67 Å². The average Bonchev–Trinajstić information content (AvgIpc) is 3.12. The summed E-state index contributed by atoms with van der Waals surface area (Å²) in [6.45, 7) is 8.57. The van der Waals surface area contributed by atoms with E-state index in [0.29, 0.717) is 31.9 Å². The molecule has 140 valence electrons. The van der Waals surface area contributed by atoms with Gasteiger partial charge < -0.3 is 9.64 Å². The zero-order valence-corrected chi connectivity index (χ0v) is 16.0. The van der Waals surface area contributed by atoms with Crippen molar-refractivity contribution in [2.24, 2.45) is 0 Å². The van der Waals surface area contributed by atoms with Crippen molar-refractivity contribution in [2.75, 3.05) is 26.3 Å². The van der Waals surface area contributed by atoms with E-state index in [-0.39, 0.29) is 11.9 Å². The highest BCUT2D eigenvalue weighted by atomic mass is 16.5. The molecule has 3 heterocycles. The Labute approximate surface area is 158 Å². The molecule has 0 saturated carbocycles. The van der Waals surface area contributed by atoms with E-state index in [4.69, 9.17) is 9.72 Å². The molecule has 0 radical (unpaired) electrons. The number of carbonyl (C=O) groups excluding carboxylic acids is 1. The van der Waals surface area contributed by atoms with Crippen LogP contribution in [-0.4, -0.2) is 51.9 Å². The number of hydrogen-bond donors (Lipinski definition) is 0. The molecule has 1 amide bonds. The van der Waals surface area contributed by atoms with Crippen molar-refractivity contribution in [2.45, 2.75) is 26.8 Å². The highest BCUT2D eigenvalue weighted by Crippen LogP contribution is 2.27. The first-order valence-corrected chi connectivity index (χ1v) is 9.37. The minimum absolute atomic E-state index is 0.0161. The fourth-order valence-electron chi connectivity index (χ4n) is 3.38. The van der Waals surface area contributed by atoms with Crippen LogP contribution >= 0.6 is 0 Å². The summed E-state index contributed by atoms with van der Waals surface area (Å²) >= 11 is 0. The van der Waals surface area contributed by atoms with Gasteiger partial charge in [-0.15, -0.1) is 0 Å². The van der Waals surface area contributed by atoms with E-state index in [1.165, 1.54) is 5.56 Å². The Hall–Kier alpha value is -2.73. The monoisotopic (exact) mass is 364 g/mol. The lowest BCUT2D eigenvalue weighted by molar-refractivity contribution is 0.0304. The topological polar surface area (TPSA) is 60.3 Å². The number of nitrogens with zero attached hydrogens (tertiary/aromatic N) is 4. The van der Waals surface area contributed by atoms with Crippen LogP contribution in [0.15, 0.2) is 36.5 Å². The van der Waals surface area contributed by atoms with Crippen molar-refractivity contribution < 1.29 is 9.53 Å². The predicted octanol–water partition coefficient (Wildman–Crippen LogP) is 3.46. The van der Waals surface area contributed by atoms with Gasteiger partial charge in [0.15, 0.2) is 5.65 Å². The van der Waals surface area contributed by atoms with Gasteiger partial charge in [0.25, 0.3) is 5.91 Å². The summed E-state index contributed by atoms with van der Waals surface area (Å²) in [5, 5.41) is 5.29. The molecule has 0 aliphatic carbocycles. The Kier molecular flexibility index (Phi) is 4.66. The minimum atomic E-state index is 0.0161. The fourth-order valence-corrected chi connectivity index (χ4v) is 3.38. The van der Waals surface area contributed by atoms with E-state index in [2.05, 4.69) is 38.0 Å². The molecule has 1 fully saturated rings. The number of fused-ring (bicyclic) bond motifs is 1. The number of aryl methyl sites for hydroxylation is 1. The van der Waals surface area contributed by atoms with E-state index in [1.807, 2.05) is 27.8 Å². The zero-order valence-electron chi connectivity index (χ0n) is 16.0. The lowest BCUT2D eigenvalue weighted by Crippen LogP contribution is -2.40. The summed E-state index contributed by atoms with van der Waals surface area (Å²) in [5.41, 5.74) is 4.39. The molecule has 0 unspecified atom stereocenters. The zero-order chi connectivity index (χ0) is 19.0. The van der Waals surface area contributed by atoms with Crippen molar-refractivity contribution in [1.82, 2.24) is 19.7 Å². The number of rotatable bonds is 3. The van der Waals surface area contributed by atoms with E-state index in [0.717, 1.165) is 22.3 Å². The highest BCUT2D eigenvalue weighted by molar-refractivity contribution is 6.06. The van der Waals surface area contributed by atoms with Crippen LogP contribution in [0.1, 0.15) is 35.8 Å². The van der Waals surface area contributed by atoms with E-state index in [1.54, 1.807) is 6.20 Å². The second-order valence-electron chi connectivity index (χ2n) is 7.25. The molecule has 2 aromatic heterocycles. The van der Waals surface area contributed by atoms with Crippen LogP contribution in [0.5, 0.6) is 0 Å². The molecule has 0 N–H and O–H groups in total. The highest BCUT2D eigenvalue weighted by Gasteiger charge is 2.24. The molecule has 1 aliphatic heterocycles. The van der Waals surface area contributed by atoms with Crippen LogP contribution in [0.25, 0.3) is 22.3 Å². The molecule has 4 rings (SSSR count). The molecule has 3 aromatic rings. The molecule has 0 spiro atoms. The number of morpholine rings is 1. The molecule has 0 atom stereocenters. The lowest BCUT2D eigenvalue weighted by Gasteiger charge is -2.27. The smallest absolute Gasteiger partial charge is 0.254 e. The summed E-state index contributed by atoms with van der Waals surface area (Å²) in [4.78, 5) is 19.9. The van der Waals surface area contributed by atoms with Gasteiger partial charge in [-0.2, -0.15) is 5.10 Å². The van der Waals surface area contributed by atoms with Gasteiger partial charge in [0.1, 0.15) is 0 Å². The molecular weight excluding hydrogens is 340 g/mol. The molecule has 1 saturated heterocycles. The Morgan fingerprint density at radius 1 is 1.15 bits per heavy atom. The molecule has 6 nitrogen and oxygen atoms in total. The van der Waals surface area contributed by atoms with Gasteiger partial charge in [0.05, 0.1) is 36.1 Å². The minimum Gasteiger partial charge on any atom is -0.378 e. The van der Waals surface area contributed by atoms with Gasteiger partial charge >= 0.3 is 0 Å². The second-order valence-corrected chi connectivity index (χ2v) is 7.25. The molecular formula is C21H24N4O2. The molecule has 1 aliphatic rings. The van der Waals surface area contributed by atoms with Crippen molar-refractivity contribution in [1.29, 1.82) is 0 Å². The van der Waals surface area contributed by atoms with Crippen LogP contribution < -0.4 is 0 Å². The van der Waals surface area contributed by atoms with Crippen molar-refractivity contribution in [3.63, 3.8) is 0 Å². The number of amides is 1. The van der Waals surface area contributed by atoms with Gasteiger partial charge in [-0.05, 0) is 26.8 Å². The number of aromatic nitrogens is 3. The Morgan fingerprint density at radius 3 is 2.52 bits per heavy atom. The summed E-state index contributed by atoms with van der Waals surface area (Å²) in [6.07, 6.45) is 1.76. The lowest BCUT2D eigenvalue weighted by atomic mass is 10.0. The Bertz CT molecular complexity index is 970. The summed E-state index contributed by atoms with van der Waals surface area (Å²) in [6, 6.07) is 10.3. The number of pyridine rings is 1. The van der Waals surface area contributed by atoms with Crippen molar-refractivity contribution in [3.8, 4) is 11.3 Å². The van der Waals surface area contributed by atoms with Crippen LogP contribution in [0.2, 0.25) is 0 Å². The average molecular weight is 364 g/mol. The molecule has 1 aromatic carbocycles. The first kappa shape index (κ1) is 17.7. The van der Waals surface area contributed by atoms with Crippen LogP contribution in [-0.2, 0) is 4.74 Å². The van der Waals surface area contributed by atoms with Crippen molar-refractivity contribution >= 4 is 16.9 Å². The SMILES string of the molecule is Cc1ccc(-c2cc(C(=O)N3CCOCC3)c3cnn(C(C)C)c3n2)cc1. The third kappa shape index (κ3) is 3.32. The third-order valence-electron chi connectivity index (χ3n) is 4.93. The summed E-state index contributed by atoms with van der Waals surface area (Å²) in [5.74, 6) is 0.0161.